The Bertz CT molecular complexity index is 477. The zero-order valence-corrected chi connectivity index (χ0v) is 12.5. The molecule has 2 atom stereocenters. The molecule has 1 aromatic rings. The summed E-state index contributed by atoms with van der Waals surface area (Å²) in [7, 11) is 1.69. The molecule has 0 bridgehead atoms. The molecule has 4 nitrogen and oxygen atoms in total. The lowest BCUT2D eigenvalue weighted by atomic mass is 10.1. The molecule has 2 fully saturated rings. The Morgan fingerprint density at radius 2 is 2.15 bits per heavy atom. The van der Waals surface area contributed by atoms with E-state index < -0.39 is 0 Å². The van der Waals surface area contributed by atoms with Crippen LogP contribution in [0.15, 0.2) is 18.2 Å². The van der Waals surface area contributed by atoms with Crippen LogP contribution >= 0.6 is 0 Å². The summed E-state index contributed by atoms with van der Waals surface area (Å²) in [4.78, 5) is 5.24. The van der Waals surface area contributed by atoms with Crippen molar-refractivity contribution in [3.8, 4) is 5.75 Å². The summed E-state index contributed by atoms with van der Waals surface area (Å²) in [6.07, 6.45) is 2.71. The first-order valence-electron chi connectivity index (χ1n) is 7.57. The summed E-state index contributed by atoms with van der Waals surface area (Å²) in [5, 5.41) is 0. The Morgan fingerprint density at radius 3 is 2.95 bits per heavy atom. The van der Waals surface area contributed by atoms with Crippen molar-refractivity contribution in [2.24, 2.45) is 0 Å². The zero-order chi connectivity index (χ0) is 14.1. The number of piperazine rings is 1. The molecule has 2 N–H and O–H groups in total. The fraction of sp³-hybridized carbons (Fsp3) is 0.625. The van der Waals surface area contributed by atoms with E-state index in [1.54, 1.807) is 7.11 Å². The van der Waals surface area contributed by atoms with E-state index in [2.05, 4.69) is 28.9 Å². The highest BCUT2D eigenvalue weighted by Crippen LogP contribution is 2.27. The smallest absolute Gasteiger partial charge is 0.121 e. The molecule has 0 aromatic heterocycles. The molecule has 2 aliphatic heterocycles. The Labute approximate surface area is 121 Å². The maximum absolute atomic E-state index is 5.95. The summed E-state index contributed by atoms with van der Waals surface area (Å²) < 4.78 is 5.31. The van der Waals surface area contributed by atoms with Gasteiger partial charge in [-0.25, -0.2) is 0 Å². The maximum Gasteiger partial charge on any atom is 0.121 e. The van der Waals surface area contributed by atoms with Gasteiger partial charge in [-0.05, 0) is 44.0 Å². The highest BCUT2D eigenvalue weighted by molar-refractivity contribution is 5.47. The van der Waals surface area contributed by atoms with Crippen molar-refractivity contribution in [1.29, 1.82) is 0 Å². The summed E-state index contributed by atoms with van der Waals surface area (Å²) in [5.41, 5.74) is 7.99. The third-order valence-electron chi connectivity index (χ3n) is 4.68. The van der Waals surface area contributed by atoms with Gasteiger partial charge in [-0.1, -0.05) is 0 Å². The third-order valence-corrected chi connectivity index (χ3v) is 4.68. The number of benzene rings is 1. The van der Waals surface area contributed by atoms with Crippen LogP contribution in [0.3, 0.4) is 0 Å². The van der Waals surface area contributed by atoms with Gasteiger partial charge < -0.3 is 10.5 Å². The summed E-state index contributed by atoms with van der Waals surface area (Å²) in [6.45, 7) is 6.96. The van der Waals surface area contributed by atoms with Crippen molar-refractivity contribution in [3.05, 3.63) is 23.8 Å². The number of hydrogen-bond acceptors (Lipinski definition) is 4. The van der Waals surface area contributed by atoms with Gasteiger partial charge in [0.2, 0.25) is 0 Å². The molecule has 3 rings (SSSR count). The van der Waals surface area contributed by atoms with Crippen molar-refractivity contribution in [2.75, 3.05) is 32.5 Å². The van der Waals surface area contributed by atoms with Crippen LogP contribution in [-0.4, -0.2) is 48.6 Å². The predicted octanol–water partition coefficient (Wildman–Crippen LogP) is 1.95. The van der Waals surface area contributed by atoms with Gasteiger partial charge in [-0.15, -0.1) is 0 Å². The Hall–Kier alpha value is -1.26. The second-order valence-electron chi connectivity index (χ2n) is 6.18. The van der Waals surface area contributed by atoms with Crippen molar-refractivity contribution in [3.63, 3.8) is 0 Å². The number of methoxy groups -OCH3 is 1. The molecule has 0 aliphatic carbocycles. The van der Waals surface area contributed by atoms with Crippen LogP contribution in [0.1, 0.15) is 25.3 Å². The van der Waals surface area contributed by atoms with Gasteiger partial charge in [0.25, 0.3) is 0 Å². The Kier molecular flexibility index (Phi) is 3.85. The first-order valence-corrected chi connectivity index (χ1v) is 7.57. The number of ether oxygens (including phenoxy) is 1. The van der Waals surface area contributed by atoms with Crippen LogP contribution in [0, 0.1) is 0 Å². The van der Waals surface area contributed by atoms with E-state index in [1.807, 2.05) is 6.07 Å². The number of rotatable bonds is 3. The summed E-state index contributed by atoms with van der Waals surface area (Å²) in [5.74, 6) is 0.854. The largest absolute Gasteiger partial charge is 0.497 e. The highest BCUT2D eigenvalue weighted by atomic mass is 16.5. The third kappa shape index (κ3) is 2.76. The first-order chi connectivity index (χ1) is 9.65. The molecule has 2 aliphatic rings. The molecule has 110 valence electrons. The molecular weight excluding hydrogens is 250 g/mol. The molecule has 2 unspecified atom stereocenters. The van der Waals surface area contributed by atoms with E-state index in [0.29, 0.717) is 6.04 Å². The van der Waals surface area contributed by atoms with Crippen LogP contribution in [-0.2, 0) is 6.54 Å². The molecule has 4 heteroatoms. The molecule has 0 amide bonds. The average Bonchev–Trinajstić information content (AvgIpc) is 2.85. The molecule has 0 spiro atoms. The van der Waals surface area contributed by atoms with E-state index in [-0.39, 0.29) is 0 Å². The molecule has 20 heavy (non-hydrogen) atoms. The average molecular weight is 275 g/mol. The van der Waals surface area contributed by atoms with Gasteiger partial charge in [-0.3, -0.25) is 9.80 Å². The van der Waals surface area contributed by atoms with Crippen LogP contribution in [0.2, 0.25) is 0 Å². The number of anilines is 1. The minimum Gasteiger partial charge on any atom is -0.497 e. The minimum atomic E-state index is 0.608. The van der Waals surface area contributed by atoms with Gasteiger partial charge in [0.05, 0.1) is 7.11 Å². The second kappa shape index (κ2) is 5.62. The SMILES string of the molecule is COc1cc(N)cc(CN2CC3CCCN3CC2C)c1. The monoisotopic (exact) mass is 275 g/mol. The fourth-order valence-electron chi connectivity index (χ4n) is 3.60. The molecule has 2 heterocycles. The Balaban J connectivity index is 1.72. The molecular formula is C16H25N3O. The lowest BCUT2D eigenvalue weighted by Gasteiger charge is -2.42. The van der Waals surface area contributed by atoms with Crippen molar-refractivity contribution < 1.29 is 4.74 Å². The van der Waals surface area contributed by atoms with E-state index in [0.717, 1.165) is 24.0 Å². The predicted molar refractivity (Wildman–Crippen MR) is 81.9 cm³/mol. The van der Waals surface area contributed by atoms with Crippen LogP contribution in [0.5, 0.6) is 5.75 Å². The maximum atomic E-state index is 5.95. The van der Waals surface area contributed by atoms with E-state index in [1.165, 1.54) is 38.0 Å². The second-order valence-corrected chi connectivity index (χ2v) is 6.18. The molecule has 2 saturated heterocycles. The zero-order valence-electron chi connectivity index (χ0n) is 12.5. The van der Waals surface area contributed by atoms with E-state index >= 15 is 0 Å². The van der Waals surface area contributed by atoms with Crippen molar-refractivity contribution >= 4 is 5.69 Å². The van der Waals surface area contributed by atoms with Crippen LogP contribution < -0.4 is 10.5 Å². The molecule has 0 saturated carbocycles. The quantitative estimate of drug-likeness (QED) is 0.856. The van der Waals surface area contributed by atoms with E-state index in [4.69, 9.17) is 10.5 Å². The number of nitrogens with two attached hydrogens (primary N) is 1. The lowest BCUT2D eigenvalue weighted by molar-refractivity contribution is 0.0540. The minimum absolute atomic E-state index is 0.608. The van der Waals surface area contributed by atoms with Crippen molar-refractivity contribution in [2.45, 2.75) is 38.4 Å². The van der Waals surface area contributed by atoms with Gasteiger partial charge in [0.15, 0.2) is 0 Å². The summed E-state index contributed by atoms with van der Waals surface area (Å²) in [6, 6.07) is 7.41. The number of nitrogens with zero attached hydrogens (tertiary/aromatic N) is 2. The fourth-order valence-corrected chi connectivity index (χ4v) is 3.60. The lowest BCUT2D eigenvalue weighted by Crippen LogP contribution is -2.54. The molecule has 1 aromatic carbocycles. The number of nitrogen functional groups attached to an aromatic ring is 1. The van der Waals surface area contributed by atoms with Gasteiger partial charge in [0, 0.05) is 43.5 Å². The summed E-state index contributed by atoms with van der Waals surface area (Å²) >= 11 is 0. The van der Waals surface area contributed by atoms with Crippen LogP contribution in [0.4, 0.5) is 5.69 Å². The molecule has 0 radical (unpaired) electrons. The van der Waals surface area contributed by atoms with Gasteiger partial charge in [-0.2, -0.15) is 0 Å². The van der Waals surface area contributed by atoms with Crippen molar-refractivity contribution in [1.82, 2.24) is 9.80 Å². The normalized spacial score (nSPS) is 27.5. The van der Waals surface area contributed by atoms with Gasteiger partial charge in [0.1, 0.15) is 5.75 Å². The number of hydrogen-bond donors (Lipinski definition) is 1. The Morgan fingerprint density at radius 1 is 1.30 bits per heavy atom. The van der Waals surface area contributed by atoms with Gasteiger partial charge >= 0.3 is 0 Å². The van der Waals surface area contributed by atoms with Crippen LogP contribution in [0.25, 0.3) is 0 Å². The first kappa shape index (κ1) is 13.7. The van der Waals surface area contributed by atoms with E-state index in [9.17, 15) is 0 Å². The highest BCUT2D eigenvalue weighted by Gasteiger charge is 2.34. The standard InChI is InChI=1S/C16H25N3O/c1-12-9-18-5-3-4-15(18)11-19(12)10-13-6-14(17)8-16(7-13)20-2/h6-8,12,15H,3-5,9-11,17H2,1-2H3. The number of fused-ring (bicyclic) bond motifs is 1. The topological polar surface area (TPSA) is 41.7 Å².